The van der Waals surface area contributed by atoms with Crippen LogP contribution < -0.4 is 10.6 Å². The van der Waals surface area contributed by atoms with E-state index in [1.807, 2.05) is 23.9 Å². The Balaban J connectivity index is 0.000000468. The van der Waals surface area contributed by atoms with Gasteiger partial charge in [0.25, 0.3) is 0 Å². The van der Waals surface area contributed by atoms with Crippen molar-refractivity contribution in [2.24, 2.45) is 0 Å². The Hall–Kier alpha value is -2.50. The Bertz CT molecular complexity index is 1340. The molecule has 0 radical (unpaired) electrons. The number of Topliss-reactive ketones (excluding diaryl/α,β-unsaturated/α-hetero) is 2. The minimum Gasteiger partial charge on any atom is -0.508 e. The lowest BCUT2D eigenvalue weighted by Gasteiger charge is -2.16. The number of hydrogen-bond donors (Lipinski definition) is 3. The van der Waals surface area contributed by atoms with Crippen molar-refractivity contribution in [2.75, 3.05) is 165 Å². The molecular formula is C49H86N2O16S. The topological polar surface area (TPSA) is 206 Å². The summed E-state index contributed by atoms with van der Waals surface area (Å²) in [7, 11) is 1.64. The number of ketones is 2. The Morgan fingerprint density at radius 2 is 0.956 bits per heavy atom. The van der Waals surface area contributed by atoms with Gasteiger partial charge in [0.1, 0.15) is 17.3 Å². The maximum Gasteiger partial charge on any atom is 0.315 e. The summed E-state index contributed by atoms with van der Waals surface area (Å²) in [6.45, 7) is 14.6. The van der Waals surface area contributed by atoms with Crippen molar-refractivity contribution in [3.63, 3.8) is 0 Å². The second kappa shape index (κ2) is 45.6. The summed E-state index contributed by atoms with van der Waals surface area (Å²) in [6.07, 6.45) is 8.57. The van der Waals surface area contributed by atoms with E-state index in [1.54, 1.807) is 19.2 Å². The molecule has 3 atom stereocenters. The number of amides is 2. The molecule has 0 bridgehead atoms. The molecule has 0 spiro atoms. The first-order valence-corrected chi connectivity index (χ1v) is 25.8. The molecule has 2 amide bonds. The molecule has 2 aliphatic heterocycles. The molecule has 3 unspecified atom stereocenters. The number of nitrogens with one attached hydrogen (secondary N) is 2. The third kappa shape index (κ3) is 36.4. The number of fused-ring (bicyclic) bond motifs is 1. The van der Waals surface area contributed by atoms with Crippen molar-refractivity contribution in [3.05, 3.63) is 29.8 Å². The smallest absolute Gasteiger partial charge is 0.315 e. The number of ether oxygens (including phenoxy) is 12. The quantitative estimate of drug-likeness (QED) is 0.0582. The number of hydrogen-bond acceptors (Lipinski definition) is 17. The first-order valence-electron chi connectivity index (χ1n) is 24.8. The third-order valence-corrected chi connectivity index (χ3v) is 11.9. The standard InChI is InChI=1S/C25H42O8.C24H44N2O8S/c1-2-11-28-13-15-30-17-19-32-21-22-33-20-18-31-16-14-29-12-10-24(26)5-3-4-23-6-8-25(27)9-7-23;1-29-9-10-31-13-14-33-17-18-34-16-15-32-12-11-30-8-4-6-20(27)5-2-3-7-22-23-21(19-35-22)25-24(28)26-23/h6-9,27H,2-5,10-22H2,1H3;21-23H,2-19H2,1H3,(H2,25,26,28). The van der Waals surface area contributed by atoms with Gasteiger partial charge in [-0.15, -0.1) is 0 Å². The Labute approximate surface area is 410 Å². The van der Waals surface area contributed by atoms with Gasteiger partial charge in [0.05, 0.1) is 151 Å². The van der Waals surface area contributed by atoms with Crippen LogP contribution in [0.25, 0.3) is 0 Å². The summed E-state index contributed by atoms with van der Waals surface area (Å²) in [6, 6.07) is 7.57. The number of phenolic OH excluding ortho intramolecular Hbond substituents is 1. The number of urea groups is 1. The van der Waals surface area contributed by atoms with Crippen LogP contribution in [0, 0.1) is 0 Å². The summed E-state index contributed by atoms with van der Waals surface area (Å²) in [4.78, 5) is 35.3. The summed E-state index contributed by atoms with van der Waals surface area (Å²) in [5.41, 5.74) is 1.12. The molecule has 0 aliphatic carbocycles. The number of rotatable bonds is 48. The summed E-state index contributed by atoms with van der Waals surface area (Å²) in [5.74, 6) is 1.75. The normalized spacial score (nSPS) is 16.3. The zero-order valence-electron chi connectivity index (χ0n) is 41.3. The van der Waals surface area contributed by atoms with Crippen LogP contribution in [0.2, 0.25) is 0 Å². The van der Waals surface area contributed by atoms with Gasteiger partial charge in [-0.05, 0) is 56.2 Å². The number of phenols is 1. The van der Waals surface area contributed by atoms with E-state index in [9.17, 15) is 19.5 Å². The van der Waals surface area contributed by atoms with Crippen LogP contribution in [-0.4, -0.2) is 205 Å². The molecule has 0 saturated carbocycles. The Morgan fingerprint density at radius 1 is 0.529 bits per heavy atom. The number of carbonyl (C=O) groups excluding carboxylic acids is 3. The van der Waals surface area contributed by atoms with Crippen molar-refractivity contribution >= 4 is 29.4 Å². The SMILES string of the molecule is CCCOCCOCCOCCOCCOCCOCCC(=O)CCCc1ccc(O)cc1.COCCOCCOCCOCCOCCOCCCC(=O)CCCCC1SCC2NC(=O)NC21. The van der Waals surface area contributed by atoms with E-state index in [0.717, 1.165) is 62.9 Å². The summed E-state index contributed by atoms with van der Waals surface area (Å²) < 4.78 is 64.4. The fourth-order valence-corrected chi connectivity index (χ4v) is 8.28. The van der Waals surface area contributed by atoms with E-state index in [0.29, 0.717) is 182 Å². The van der Waals surface area contributed by atoms with Crippen LogP contribution in [0.1, 0.15) is 76.7 Å². The molecular weight excluding hydrogens is 905 g/mol. The van der Waals surface area contributed by atoms with E-state index in [4.69, 9.17) is 56.8 Å². The Morgan fingerprint density at radius 3 is 1.46 bits per heavy atom. The van der Waals surface area contributed by atoms with Crippen LogP contribution in [-0.2, 0) is 72.9 Å². The second-order valence-corrected chi connectivity index (χ2v) is 17.3. The highest BCUT2D eigenvalue weighted by Crippen LogP contribution is 2.33. The van der Waals surface area contributed by atoms with E-state index >= 15 is 0 Å². The fraction of sp³-hybridized carbons (Fsp3) is 0.816. The second-order valence-electron chi connectivity index (χ2n) is 16.0. The molecule has 3 rings (SSSR count). The molecule has 19 heteroatoms. The van der Waals surface area contributed by atoms with E-state index < -0.39 is 0 Å². The van der Waals surface area contributed by atoms with Crippen molar-refractivity contribution in [3.8, 4) is 5.75 Å². The van der Waals surface area contributed by atoms with Crippen molar-refractivity contribution in [2.45, 2.75) is 94.9 Å². The first kappa shape index (κ1) is 61.6. The lowest BCUT2D eigenvalue weighted by molar-refractivity contribution is -0.120. The number of methoxy groups -OCH3 is 1. The molecule has 18 nitrogen and oxygen atoms in total. The van der Waals surface area contributed by atoms with Gasteiger partial charge in [0.15, 0.2) is 0 Å². The minimum absolute atomic E-state index is 0.0445. The molecule has 1 aromatic rings. The molecule has 68 heavy (non-hydrogen) atoms. The van der Waals surface area contributed by atoms with Crippen LogP contribution in [0.5, 0.6) is 5.75 Å². The van der Waals surface area contributed by atoms with Crippen LogP contribution in [0.15, 0.2) is 24.3 Å². The van der Waals surface area contributed by atoms with Crippen molar-refractivity contribution in [1.82, 2.24) is 10.6 Å². The fourth-order valence-electron chi connectivity index (χ4n) is 6.74. The van der Waals surface area contributed by atoms with Crippen LogP contribution in [0.4, 0.5) is 4.79 Å². The predicted octanol–water partition coefficient (Wildman–Crippen LogP) is 4.97. The predicted molar refractivity (Wildman–Crippen MR) is 260 cm³/mol. The average Bonchev–Trinajstić information content (AvgIpc) is 3.90. The number of unbranched alkanes of at least 4 members (excludes halogenated alkanes) is 1. The Kier molecular flexibility index (Phi) is 41.3. The number of carbonyl (C=O) groups is 3. The molecule has 0 aromatic heterocycles. The van der Waals surface area contributed by atoms with Crippen molar-refractivity contribution < 1.29 is 76.3 Å². The lowest BCUT2D eigenvalue weighted by Crippen LogP contribution is -2.36. The molecule has 2 heterocycles. The minimum atomic E-state index is -0.0445. The van der Waals surface area contributed by atoms with Gasteiger partial charge < -0.3 is 72.6 Å². The number of aromatic hydroxyl groups is 1. The van der Waals surface area contributed by atoms with E-state index in [-0.39, 0.29) is 29.6 Å². The monoisotopic (exact) mass is 991 g/mol. The van der Waals surface area contributed by atoms with Crippen LogP contribution in [0.3, 0.4) is 0 Å². The molecule has 2 saturated heterocycles. The largest absolute Gasteiger partial charge is 0.508 e. The molecule has 1 aromatic carbocycles. The summed E-state index contributed by atoms with van der Waals surface area (Å²) in [5, 5.41) is 15.7. The zero-order chi connectivity index (χ0) is 48.8. The maximum atomic E-state index is 12.1. The van der Waals surface area contributed by atoms with Gasteiger partial charge in [0.2, 0.25) is 0 Å². The number of benzene rings is 1. The van der Waals surface area contributed by atoms with Gasteiger partial charge in [-0.2, -0.15) is 11.8 Å². The van der Waals surface area contributed by atoms with E-state index in [1.165, 1.54) is 0 Å². The molecule has 3 N–H and O–H groups in total. The molecule has 2 aliphatic rings. The van der Waals surface area contributed by atoms with E-state index in [2.05, 4.69) is 17.6 Å². The molecule has 2 fully saturated rings. The molecule has 394 valence electrons. The van der Waals surface area contributed by atoms with Gasteiger partial charge in [-0.3, -0.25) is 9.59 Å². The lowest BCUT2D eigenvalue weighted by atomic mass is 10.0. The zero-order valence-corrected chi connectivity index (χ0v) is 42.1. The number of aryl methyl sites for hydroxylation is 1. The summed E-state index contributed by atoms with van der Waals surface area (Å²) >= 11 is 1.92. The van der Waals surface area contributed by atoms with Gasteiger partial charge >= 0.3 is 6.03 Å². The van der Waals surface area contributed by atoms with Gasteiger partial charge in [0, 0.05) is 57.0 Å². The first-order chi connectivity index (χ1) is 33.4. The third-order valence-electron chi connectivity index (χ3n) is 10.4. The highest BCUT2D eigenvalue weighted by atomic mass is 32.2. The highest BCUT2D eigenvalue weighted by molar-refractivity contribution is 8.00. The average molecular weight is 991 g/mol. The maximum absolute atomic E-state index is 12.1. The number of thioether (sulfide) groups is 1. The van der Waals surface area contributed by atoms with Gasteiger partial charge in [-0.25, -0.2) is 4.79 Å². The highest BCUT2D eigenvalue weighted by Gasteiger charge is 2.42. The van der Waals surface area contributed by atoms with Crippen LogP contribution >= 0.6 is 11.8 Å². The van der Waals surface area contributed by atoms with Crippen molar-refractivity contribution in [1.29, 1.82) is 0 Å². The van der Waals surface area contributed by atoms with Gasteiger partial charge in [-0.1, -0.05) is 25.5 Å².